The van der Waals surface area contributed by atoms with Crippen LogP contribution in [0.1, 0.15) is 5.56 Å². The summed E-state index contributed by atoms with van der Waals surface area (Å²) in [5, 5.41) is 12.9. The third kappa shape index (κ3) is 2.64. The van der Waals surface area contributed by atoms with Crippen LogP contribution in [0.15, 0.2) is 23.4 Å². The van der Waals surface area contributed by atoms with Gasteiger partial charge < -0.3 is 14.7 Å². The van der Waals surface area contributed by atoms with Gasteiger partial charge in [0.2, 0.25) is 0 Å². The summed E-state index contributed by atoms with van der Waals surface area (Å²) in [6.45, 7) is 0. The van der Waals surface area contributed by atoms with Gasteiger partial charge >= 0.3 is 5.97 Å². The van der Waals surface area contributed by atoms with E-state index in [4.69, 9.17) is 11.6 Å². The number of carbonyl (C=O) groups is 1. The first-order valence-corrected chi connectivity index (χ1v) is 4.66. The van der Waals surface area contributed by atoms with Crippen LogP contribution in [0.3, 0.4) is 0 Å². The Bertz CT molecular complexity index is 431. The van der Waals surface area contributed by atoms with Crippen molar-refractivity contribution >= 4 is 23.3 Å². The summed E-state index contributed by atoms with van der Waals surface area (Å²) in [5.41, 5.74) is 0.378. The van der Waals surface area contributed by atoms with Crippen molar-refractivity contribution in [1.29, 1.82) is 0 Å². The number of esters is 1. The minimum atomic E-state index is -0.649. The lowest BCUT2D eigenvalue weighted by Gasteiger charge is -2.04. The first kappa shape index (κ1) is 12.3. The molecule has 1 aromatic carbocycles. The first-order chi connectivity index (χ1) is 7.60. The van der Waals surface area contributed by atoms with Gasteiger partial charge in [-0.15, -0.1) is 0 Å². The lowest BCUT2D eigenvalue weighted by molar-refractivity contribution is -0.132. The zero-order valence-corrected chi connectivity index (χ0v) is 9.49. The summed E-state index contributed by atoms with van der Waals surface area (Å²) >= 11 is 5.71. The molecule has 86 valence electrons. The van der Waals surface area contributed by atoms with Gasteiger partial charge in [0.15, 0.2) is 5.71 Å². The number of phenols is 1. The van der Waals surface area contributed by atoms with Crippen molar-refractivity contribution in [3.8, 4) is 5.75 Å². The summed E-state index contributed by atoms with van der Waals surface area (Å²) in [4.78, 5) is 15.9. The molecule has 6 heteroatoms. The van der Waals surface area contributed by atoms with Crippen molar-refractivity contribution < 1.29 is 19.5 Å². The molecular weight excluding hydrogens is 234 g/mol. The number of hydrogen-bond donors (Lipinski definition) is 1. The van der Waals surface area contributed by atoms with Crippen LogP contribution in [-0.4, -0.2) is 31.0 Å². The zero-order chi connectivity index (χ0) is 12.1. The molecule has 0 heterocycles. The van der Waals surface area contributed by atoms with Crippen LogP contribution in [-0.2, 0) is 14.4 Å². The number of benzene rings is 1. The topological polar surface area (TPSA) is 68.1 Å². The van der Waals surface area contributed by atoms with E-state index >= 15 is 0 Å². The molecule has 0 aliphatic heterocycles. The standard InChI is InChI=1S/C10H10ClNO4/c1-15-10(14)9(12-16-2)6-3-4-8(13)7(11)5-6/h3-5,13H,1-2H3. The number of aromatic hydroxyl groups is 1. The maximum Gasteiger partial charge on any atom is 0.360 e. The summed E-state index contributed by atoms with van der Waals surface area (Å²) < 4.78 is 4.53. The Hall–Kier alpha value is -1.75. The van der Waals surface area contributed by atoms with E-state index in [0.717, 1.165) is 0 Å². The predicted molar refractivity (Wildman–Crippen MR) is 58.7 cm³/mol. The van der Waals surface area contributed by atoms with E-state index in [0.29, 0.717) is 5.56 Å². The number of phenolic OH excluding ortho intramolecular Hbond substituents is 1. The van der Waals surface area contributed by atoms with Gasteiger partial charge in [0.25, 0.3) is 0 Å². The second kappa shape index (κ2) is 5.37. The Morgan fingerprint density at radius 1 is 1.44 bits per heavy atom. The number of hydrogen-bond acceptors (Lipinski definition) is 5. The number of ether oxygens (including phenoxy) is 1. The fourth-order valence-corrected chi connectivity index (χ4v) is 1.23. The molecule has 16 heavy (non-hydrogen) atoms. The quantitative estimate of drug-likeness (QED) is 0.497. The average molecular weight is 244 g/mol. The predicted octanol–water partition coefficient (Wildman–Crippen LogP) is 1.57. The van der Waals surface area contributed by atoms with Gasteiger partial charge in [-0.05, 0) is 18.2 Å². The van der Waals surface area contributed by atoms with E-state index in [-0.39, 0.29) is 16.5 Å². The molecule has 0 spiro atoms. The molecule has 0 aliphatic rings. The van der Waals surface area contributed by atoms with Crippen LogP contribution in [0.4, 0.5) is 0 Å². The van der Waals surface area contributed by atoms with Gasteiger partial charge in [-0.1, -0.05) is 16.8 Å². The van der Waals surface area contributed by atoms with Crippen LogP contribution < -0.4 is 0 Å². The van der Waals surface area contributed by atoms with Crippen molar-refractivity contribution in [2.75, 3.05) is 14.2 Å². The summed E-state index contributed by atoms with van der Waals surface area (Å²) in [7, 11) is 2.54. The molecule has 0 saturated carbocycles. The molecule has 0 radical (unpaired) electrons. The fraction of sp³-hybridized carbons (Fsp3) is 0.200. The lowest BCUT2D eigenvalue weighted by atomic mass is 10.1. The number of carbonyl (C=O) groups excluding carboxylic acids is 1. The van der Waals surface area contributed by atoms with E-state index in [1.807, 2.05) is 0 Å². The van der Waals surface area contributed by atoms with E-state index in [2.05, 4.69) is 14.7 Å². The summed E-state index contributed by atoms with van der Waals surface area (Å²) in [6, 6.07) is 4.23. The molecule has 0 fully saturated rings. The highest BCUT2D eigenvalue weighted by Crippen LogP contribution is 2.24. The molecule has 0 bridgehead atoms. The van der Waals surface area contributed by atoms with Crippen LogP contribution in [0.25, 0.3) is 0 Å². The normalized spacial score (nSPS) is 11.1. The molecule has 1 N–H and O–H groups in total. The lowest BCUT2D eigenvalue weighted by Crippen LogP contribution is -2.17. The van der Waals surface area contributed by atoms with Crippen LogP contribution in [0.5, 0.6) is 5.75 Å². The van der Waals surface area contributed by atoms with E-state index in [1.54, 1.807) is 0 Å². The second-order valence-corrected chi connectivity index (χ2v) is 3.19. The van der Waals surface area contributed by atoms with Crippen molar-refractivity contribution in [2.45, 2.75) is 0 Å². The number of oxime groups is 1. The van der Waals surface area contributed by atoms with Crippen LogP contribution in [0, 0.1) is 0 Å². The highest BCUT2D eigenvalue weighted by atomic mass is 35.5. The maximum absolute atomic E-state index is 11.4. The average Bonchev–Trinajstić information content (AvgIpc) is 2.29. The maximum atomic E-state index is 11.4. The number of halogens is 1. The first-order valence-electron chi connectivity index (χ1n) is 4.28. The fourth-order valence-electron chi connectivity index (χ4n) is 1.05. The molecule has 0 aromatic heterocycles. The van der Waals surface area contributed by atoms with Crippen LogP contribution in [0.2, 0.25) is 5.02 Å². The monoisotopic (exact) mass is 243 g/mol. The summed E-state index contributed by atoms with van der Waals surface area (Å²) in [5.74, 6) is -0.726. The SMILES string of the molecule is CON=C(C(=O)OC)c1ccc(O)c(Cl)c1. The minimum absolute atomic E-state index is 0.0214. The second-order valence-electron chi connectivity index (χ2n) is 2.78. The molecular formula is C10H10ClNO4. The van der Waals surface area contributed by atoms with Gasteiger partial charge in [-0.25, -0.2) is 4.79 Å². The van der Waals surface area contributed by atoms with Gasteiger partial charge in [0, 0.05) is 5.56 Å². The number of methoxy groups -OCH3 is 1. The Labute approximate surface area is 97.2 Å². The molecule has 0 atom stereocenters. The highest BCUT2D eigenvalue weighted by Gasteiger charge is 2.16. The molecule has 0 aliphatic carbocycles. The zero-order valence-electron chi connectivity index (χ0n) is 8.73. The minimum Gasteiger partial charge on any atom is -0.506 e. The Kier molecular flexibility index (Phi) is 4.13. The molecule has 0 amide bonds. The highest BCUT2D eigenvalue weighted by molar-refractivity contribution is 6.43. The van der Waals surface area contributed by atoms with E-state index < -0.39 is 5.97 Å². The van der Waals surface area contributed by atoms with Gasteiger partial charge in [0.05, 0.1) is 12.1 Å². The van der Waals surface area contributed by atoms with Gasteiger partial charge in [0.1, 0.15) is 12.9 Å². The number of nitrogens with zero attached hydrogens (tertiary/aromatic N) is 1. The Balaban J connectivity index is 3.17. The van der Waals surface area contributed by atoms with Crippen molar-refractivity contribution in [2.24, 2.45) is 5.16 Å². The van der Waals surface area contributed by atoms with Gasteiger partial charge in [-0.2, -0.15) is 0 Å². The Morgan fingerprint density at radius 3 is 2.62 bits per heavy atom. The van der Waals surface area contributed by atoms with Crippen molar-refractivity contribution in [1.82, 2.24) is 0 Å². The molecule has 1 aromatic rings. The van der Waals surface area contributed by atoms with Gasteiger partial charge in [-0.3, -0.25) is 0 Å². The molecule has 0 saturated heterocycles. The molecule has 1 rings (SSSR count). The largest absolute Gasteiger partial charge is 0.506 e. The number of rotatable bonds is 3. The third-order valence-corrected chi connectivity index (χ3v) is 2.09. The Morgan fingerprint density at radius 2 is 2.12 bits per heavy atom. The smallest absolute Gasteiger partial charge is 0.360 e. The molecule has 5 nitrogen and oxygen atoms in total. The van der Waals surface area contributed by atoms with Crippen LogP contribution >= 0.6 is 11.6 Å². The van der Waals surface area contributed by atoms with Crippen molar-refractivity contribution in [3.05, 3.63) is 28.8 Å². The van der Waals surface area contributed by atoms with Crippen molar-refractivity contribution in [3.63, 3.8) is 0 Å². The molecule has 0 unspecified atom stereocenters. The van der Waals surface area contributed by atoms with E-state index in [9.17, 15) is 9.90 Å². The summed E-state index contributed by atoms with van der Waals surface area (Å²) in [6.07, 6.45) is 0. The third-order valence-electron chi connectivity index (χ3n) is 1.78. The van der Waals surface area contributed by atoms with E-state index in [1.165, 1.54) is 32.4 Å².